The van der Waals surface area contributed by atoms with E-state index >= 15 is 0 Å². The highest BCUT2D eigenvalue weighted by Gasteiger charge is 2.59. The van der Waals surface area contributed by atoms with E-state index in [2.05, 4.69) is 33.2 Å². The molecular weight excluding hydrogens is 472 g/mol. The molecule has 3 aliphatic rings. The summed E-state index contributed by atoms with van der Waals surface area (Å²) in [7, 11) is 1.57. The molecule has 5 rings (SSSR count). The summed E-state index contributed by atoms with van der Waals surface area (Å²) in [6.07, 6.45) is 6.54. The molecule has 0 radical (unpaired) electrons. The SMILES string of the molecule is COc1cc(Br)cc(C=NN2C(=O)C3C4C=CC(C4)C3C2=O)c1OCc1ccc(C)cc1. The van der Waals surface area contributed by atoms with Gasteiger partial charge < -0.3 is 9.47 Å². The van der Waals surface area contributed by atoms with Crippen LogP contribution in [0.5, 0.6) is 11.5 Å². The summed E-state index contributed by atoms with van der Waals surface area (Å²) in [6, 6.07) is 11.7. The molecule has 2 aromatic rings. The van der Waals surface area contributed by atoms with Crippen molar-refractivity contribution in [2.24, 2.45) is 28.8 Å². The fourth-order valence-electron chi connectivity index (χ4n) is 4.95. The van der Waals surface area contributed by atoms with Gasteiger partial charge in [0.05, 0.1) is 25.2 Å². The van der Waals surface area contributed by atoms with Crippen LogP contribution in [-0.2, 0) is 16.2 Å². The number of hydrazone groups is 1. The summed E-state index contributed by atoms with van der Waals surface area (Å²) < 4.78 is 12.4. The van der Waals surface area contributed by atoms with Gasteiger partial charge >= 0.3 is 0 Å². The first-order chi connectivity index (χ1) is 15.5. The highest BCUT2D eigenvalue weighted by molar-refractivity contribution is 9.10. The first kappa shape index (κ1) is 20.9. The Kier molecular flexibility index (Phi) is 5.37. The predicted molar refractivity (Wildman–Crippen MR) is 123 cm³/mol. The number of methoxy groups -OCH3 is 1. The Hall–Kier alpha value is -2.93. The van der Waals surface area contributed by atoms with E-state index in [1.807, 2.05) is 43.3 Å². The van der Waals surface area contributed by atoms with E-state index in [4.69, 9.17) is 9.47 Å². The fourth-order valence-corrected chi connectivity index (χ4v) is 5.41. The number of carbonyl (C=O) groups is 2. The maximum atomic E-state index is 12.9. The molecule has 4 unspecified atom stereocenters. The smallest absolute Gasteiger partial charge is 0.254 e. The second-order valence-electron chi connectivity index (χ2n) is 8.53. The number of fused-ring (bicyclic) bond motifs is 5. The standard InChI is InChI=1S/C25H23BrN2O4/c1-14-3-5-15(6-4-14)13-32-23-18(10-19(26)11-20(23)31-2)12-27-28-24(29)21-16-7-8-17(9-16)22(21)25(28)30/h3-8,10-12,16-17,21-22H,9,13H2,1-2H3. The number of benzene rings is 2. The Morgan fingerprint density at radius 1 is 1.09 bits per heavy atom. The number of carbonyl (C=O) groups excluding carboxylic acids is 2. The van der Waals surface area contributed by atoms with E-state index in [1.54, 1.807) is 7.11 Å². The summed E-state index contributed by atoms with van der Waals surface area (Å²) >= 11 is 3.48. The number of amides is 2. The lowest BCUT2D eigenvalue weighted by Crippen LogP contribution is -2.28. The van der Waals surface area contributed by atoms with Crippen LogP contribution in [0, 0.1) is 30.6 Å². The van der Waals surface area contributed by atoms with Gasteiger partial charge in [-0.15, -0.1) is 0 Å². The Balaban J connectivity index is 1.41. The van der Waals surface area contributed by atoms with E-state index in [-0.39, 0.29) is 35.5 Å². The highest BCUT2D eigenvalue weighted by atomic mass is 79.9. The van der Waals surface area contributed by atoms with Gasteiger partial charge in [0.25, 0.3) is 11.8 Å². The Morgan fingerprint density at radius 2 is 1.75 bits per heavy atom. The molecule has 2 bridgehead atoms. The molecule has 2 amide bonds. The van der Waals surface area contributed by atoms with Gasteiger partial charge in [0.2, 0.25) is 0 Å². The average Bonchev–Trinajstić information content (AvgIpc) is 3.46. The zero-order chi connectivity index (χ0) is 22.4. The molecule has 2 aliphatic carbocycles. The van der Waals surface area contributed by atoms with Gasteiger partial charge in [0.15, 0.2) is 11.5 Å². The number of hydrogen-bond donors (Lipinski definition) is 0. The predicted octanol–water partition coefficient (Wildman–Crippen LogP) is 4.49. The third kappa shape index (κ3) is 3.54. The second-order valence-corrected chi connectivity index (χ2v) is 9.45. The number of hydrogen-bond acceptors (Lipinski definition) is 5. The molecule has 4 atom stereocenters. The lowest BCUT2D eigenvalue weighted by molar-refractivity contribution is -0.140. The number of nitrogens with zero attached hydrogens (tertiary/aromatic N) is 2. The third-order valence-electron chi connectivity index (χ3n) is 6.53. The van der Waals surface area contributed by atoms with Gasteiger partial charge in [0, 0.05) is 10.0 Å². The van der Waals surface area contributed by atoms with Crippen molar-refractivity contribution in [3.63, 3.8) is 0 Å². The molecule has 1 saturated heterocycles. The number of allylic oxidation sites excluding steroid dienone is 2. The Labute approximate surface area is 195 Å². The molecule has 1 heterocycles. The topological polar surface area (TPSA) is 68.2 Å². The number of rotatable bonds is 6. The molecule has 2 aromatic carbocycles. The van der Waals surface area contributed by atoms with Crippen LogP contribution < -0.4 is 9.47 Å². The molecule has 7 heteroatoms. The lowest BCUT2D eigenvalue weighted by Gasteiger charge is -2.15. The van der Waals surface area contributed by atoms with Crippen molar-refractivity contribution in [2.75, 3.05) is 7.11 Å². The molecule has 0 spiro atoms. The van der Waals surface area contributed by atoms with E-state index in [0.717, 1.165) is 21.5 Å². The quantitative estimate of drug-likeness (QED) is 0.337. The Bertz CT molecular complexity index is 1110. The first-order valence-electron chi connectivity index (χ1n) is 10.6. The molecule has 1 saturated carbocycles. The normalized spacial score (nSPS) is 25.8. The minimum absolute atomic E-state index is 0.154. The summed E-state index contributed by atoms with van der Waals surface area (Å²) in [6.45, 7) is 2.38. The lowest BCUT2D eigenvalue weighted by atomic mass is 9.85. The van der Waals surface area contributed by atoms with Crippen molar-refractivity contribution in [2.45, 2.75) is 20.0 Å². The number of imide groups is 1. The van der Waals surface area contributed by atoms with Crippen molar-refractivity contribution in [3.05, 3.63) is 69.7 Å². The van der Waals surface area contributed by atoms with E-state index in [1.165, 1.54) is 11.8 Å². The number of halogens is 1. The van der Waals surface area contributed by atoms with Gasteiger partial charge in [-0.25, -0.2) is 0 Å². The molecule has 0 N–H and O–H groups in total. The van der Waals surface area contributed by atoms with Crippen molar-refractivity contribution >= 4 is 34.0 Å². The molecule has 32 heavy (non-hydrogen) atoms. The van der Waals surface area contributed by atoms with Crippen LogP contribution in [-0.4, -0.2) is 30.1 Å². The fraction of sp³-hybridized carbons (Fsp3) is 0.320. The van der Waals surface area contributed by atoms with E-state index in [9.17, 15) is 9.59 Å². The summed E-state index contributed by atoms with van der Waals surface area (Å²) in [5.74, 6) is 0.372. The maximum absolute atomic E-state index is 12.9. The van der Waals surface area contributed by atoms with Gasteiger partial charge in [-0.1, -0.05) is 57.9 Å². The summed E-state index contributed by atoms with van der Waals surface area (Å²) in [4.78, 5) is 25.8. The molecule has 164 valence electrons. The van der Waals surface area contributed by atoms with Crippen LogP contribution in [0.4, 0.5) is 0 Å². The second kappa shape index (κ2) is 8.20. The average molecular weight is 495 g/mol. The van der Waals surface area contributed by atoms with Gasteiger partial charge in [-0.05, 0) is 42.9 Å². The molecule has 2 fully saturated rings. The monoisotopic (exact) mass is 494 g/mol. The van der Waals surface area contributed by atoms with Crippen LogP contribution in [0.2, 0.25) is 0 Å². The van der Waals surface area contributed by atoms with E-state index in [0.29, 0.717) is 23.7 Å². The number of aryl methyl sites for hydroxylation is 1. The largest absolute Gasteiger partial charge is 0.493 e. The van der Waals surface area contributed by atoms with Gasteiger partial charge in [0.1, 0.15) is 6.61 Å². The van der Waals surface area contributed by atoms with Crippen molar-refractivity contribution in [1.82, 2.24) is 5.01 Å². The maximum Gasteiger partial charge on any atom is 0.254 e. The van der Waals surface area contributed by atoms with Gasteiger partial charge in [-0.3, -0.25) is 9.59 Å². The first-order valence-corrected chi connectivity index (χ1v) is 11.4. The zero-order valence-electron chi connectivity index (χ0n) is 17.8. The van der Waals surface area contributed by atoms with Crippen molar-refractivity contribution in [3.8, 4) is 11.5 Å². The third-order valence-corrected chi connectivity index (χ3v) is 6.99. The minimum Gasteiger partial charge on any atom is -0.493 e. The molecule has 6 nitrogen and oxygen atoms in total. The van der Waals surface area contributed by atoms with Crippen LogP contribution >= 0.6 is 15.9 Å². The molecule has 0 aromatic heterocycles. The van der Waals surface area contributed by atoms with Crippen molar-refractivity contribution < 1.29 is 19.1 Å². The highest BCUT2D eigenvalue weighted by Crippen LogP contribution is 2.52. The summed E-state index contributed by atoms with van der Waals surface area (Å²) in [5, 5.41) is 5.34. The van der Waals surface area contributed by atoms with Gasteiger partial charge in [-0.2, -0.15) is 10.1 Å². The van der Waals surface area contributed by atoms with Crippen LogP contribution in [0.1, 0.15) is 23.1 Å². The minimum atomic E-state index is -0.274. The zero-order valence-corrected chi connectivity index (χ0v) is 19.4. The summed E-state index contributed by atoms with van der Waals surface area (Å²) in [5.41, 5.74) is 2.81. The van der Waals surface area contributed by atoms with Crippen LogP contribution in [0.25, 0.3) is 0 Å². The number of ether oxygens (including phenoxy) is 2. The van der Waals surface area contributed by atoms with Crippen LogP contribution in [0.3, 0.4) is 0 Å². The van der Waals surface area contributed by atoms with Crippen molar-refractivity contribution in [1.29, 1.82) is 0 Å². The Morgan fingerprint density at radius 3 is 2.38 bits per heavy atom. The molecule has 1 aliphatic heterocycles. The molecular formula is C25H23BrN2O4. The van der Waals surface area contributed by atoms with E-state index < -0.39 is 0 Å². The van der Waals surface area contributed by atoms with Crippen LogP contribution in [0.15, 0.2) is 58.1 Å².